The molecule has 1 fully saturated rings. The van der Waals surface area contributed by atoms with E-state index in [1.165, 1.54) is 7.11 Å². The highest BCUT2D eigenvalue weighted by Crippen LogP contribution is 2.41. The Labute approximate surface area is 139 Å². The third-order valence-electron chi connectivity index (χ3n) is 5.06. The Morgan fingerprint density at radius 3 is 2.62 bits per heavy atom. The Balaban J connectivity index is 2.07. The van der Waals surface area contributed by atoms with Gasteiger partial charge in [-0.15, -0.1) is 0 Å². The van der Waals surface area contributed by atoms with Crippen molar-refractivity contribution in [3.05, 3.63) is 45.1 Å². The van der Waals surface area contributed by atoms with Crippen molar-refractivity contribution in [3.8, 4) is 0 Å². The molecule has 1 aromatic carbocycles. The van der Waals surface area contributed by atoms with Crippen molar-refractivity contribution in [3.63, 3.8) is 0 Å². The van der Waals surface area contributed by atoms with Crippen LogP contribution in [0.4, 0.5) is 0 Å². The number of hydrogen-bond acceptors (Lipinski definition) is 4. The Kier molecular flexibility index (Phi) is 4.55. The van der Waals surface area contributed by atoms with E-state index in [1.807, 2.05) is 6.07 Å². The van der Waals surface area contributed by atoms with Crippen molar-refractivity contribution in [1.29, 1.82) is 0 Å². The minimum Gasteiger partial charge on any atom is -0.469 e. The lowest BCUT2D eigenvalue weighted by molar-refractivity contribution is -0.144. The predicted octanol–water partition coefficient (Wildman–Crippen LogP) is 2.20. The molecule has 1 aliphatic carbocycles. The molecule has 24 heavy (non-hydrogen) atoms. The largest absolute Gasteiger partial charge is 0.469 e. The lowest BCUT2D eigenvalue weighted by atomic mass is 9.71. The molecule has 128 valence electrons. The normalized spacial score (nSPS) is 16.9. The Morgan fingerprint density at radius 1 is 1.21 bits per heavy atom. The molecule has 0 aliphatic heterocycles. The van der Waals surface area contributed by atoms with Crippen LogP contribution in [0, 0.1) is 5.41 Å². The minimum atomic E-state index is -0.423. The van der Waals surface area contributed by atoms with E-state index in [0.29, 0.717) is 23.9 Å². The molecule has 2 aromatic rings. The maximum atomic E-state index is 12.4. The van der Waals surface area contributed by atoms with Gasteiger partial charge in [0.05, 0.1) is 24.4 Å². The summed E-state index contributed by atoms with van der Waals surface area (Å²) < 4.78 is 6.47. The summed E-state index contributed by atoms with van der Waals surface area (Å²) in [4.78, 5) is 38.7. The van der Waals surface area contributed by atoms with Crippen LogP contribution in [0.1, 0.15) is 38.5 Å². The van der Waals surface area contributed by atoms with Gasteiger partial charge in [0.1, 0.15) is 0 Å². The zero-order chi connectivity index (χ0) is 17.2. The number of aromatic nitrogens is 2. The first-order valence-electron chi connectivity index (χ1n) is 8.33. The van der Waals surface area contributed by atoms with Crippen LogP contribution < -0.4 is 11.2 Å². The van der Waals surface area contributed by atoms with Crippen molar-refractivity contribution < 1.29 is 9.53 Å². The van der Waals surface area contributed by atoms with Gasteiger partial charge in [-0.2, -0.15) is 0 Å². The highest BCUT2D eigenvalue weighted by atomic mass is 16.5. The summed E-state index contributed by atoms with van der Waals surface area (Å²) in [6.07, 6.45) is 5.26. The lowest BCUT2D eigenvalue weighted by Gasteiger charge is -2.37. The molecule has 0 unspecified atom stereocenters. The van der Waals surface area contributed by atoms with Gasteiger partial charge in [0.2, 0.25) is 0 Å². The lowest BCUT2D eigenvalue weighted by Crippen LogP contribution is -2.39. The fraction of sp³-hybridized carbons (Fsp3) is 0.500. The average molecular weight is 330 g/mol. The van der Waals surface area contributed by atoms with Crippen molar-refractivity contribution in [2.24, 2.45) is 5.41 Å². The first-order valence-corrected chi connectivity index (χ1v) is 8.33. The fourth-order valence-electron chi connectivity index (χ4n) is 3.81. The van der Waals surface area contributed by atoms with Crippen LogP contribution in [0.15, 0.2) is 33.9 Å². The van der Waals surface area contributed by atoms with E-state index in [9.17, 15) is 14.4 Å². The van der Waals surface area contributed by atoms with Gasteiger partial charge in [0, 0.05) is 6.54 Å². The number of nitrogens with zero attached hydrogens (tertiary/aromatic N) is 1. The van der Waals surface area contributed by atoms with E-state index in [4.69, 9.17) is 4.74 Å². The molecule has 3 rings (SSSR count). The molecule has 1 aliphatic rings. The summed E-state index contributed by atoms with van der Waals surface area (Å²) in [5.74, 6) is -0.251. The molecule has 0 bridgehead atoms. The Hall–Kier alpha value is -2.37. The monoisotopic (exact) mass is 330 g/mol. The van der Waals surface area contributed by atoms with E-state index < -0.39 is 5.69 Å². The van der Waals surface area contributed by atoms with Crippen molar-refractivity contribution in [1.82, 2.24) is 9.55 Å². The predicted molar refractivity (Wildman–Crippen MR) is 91.0 cm³/mol. The second-order valence-corrected chi connectivity index (χ2v) is 6.68. The number of benzene rings is 1. The van der Waals surface area contributed by atoms with Gasteiger partial charge in [0.15, 0.2) is 0 Å². The SMILES string of the molecule is COC(=O)CC1(Cn2c(=O)[nH]c(=O)c3ccccc32)CCCCC1. The van der Waals surface area contributed by atoms with Crippen molar-refractivity contribution in [2.75, 3.05) is 7.11 Å². The Bertz CT molecular complexity index is 859. The number of nitrogens with one attached hydrogen (secondary N) is 1. The van der Waals surface area contributed by atoms with Gasteiger partial charge in [-0.1, -0.05) is 31.4 Å². The molecule has 1 heterocycles. The topological polar surface area (TPSA) is 81.2 Å². The van der Waals surface area contributed by atoms with Gasteiger partial charge in [-0.3, -0.25) is 19.1 Å². The number of H-pyrrole nitrogens is 1. The van der Waals surface area contributed by atoms with Crippen molar-refractivity contribution in [2.45, 2.75) is 45.1 Å². The zero-order valence-corrected chi connectivity index (χ0v) is 13.8. The molecular weight excluding hydrogens is 308 g/mol. The summed E-state index contributed by atoms with van der Waals surface area (Å²) in [6, 6.07) is 7.07. The van der Waals surface area contributed by atoms with E-state index >= 15 is 0 Å². The summed E-state index contributed by atoms with van der Waals surface area (Å²) in [6.45, 7) is 0.415. The number of esters is 1. The number of fused-ring (bicyclic) bond motifs is 1. The van der Waals surface area contributed by atoms with Crippen molar-refractivity contribution >= 4 is 16.9 Å². The second kappa shape index (κ2) is 6.63. The number of carbonyl (C=O) groups excluding carboxylic acids is 1. The highest BCUT2D eigenvalue weighted by Gasteiger charge is 2.36. The number of aromatic amines is 1. The molecular formula is C18H22N2O4. The van der Waals surface area contributed by atoms with E-state index in [-0.39, 0.29) is 16.9 Å². The smallest absolute Gasteiger partial charge is 0.328 e. The number of rotatable bonds is 4. The first kappa shape index (κ1) is 16.5. The number of hydrogen-bond donors (Lipinski definition) is 1. The number of ether oxygens (including phenoxy) is 1. The van der Waals surface area contributed by atoms with Crippen LogP contribution in [0.5, 0.6) is 0 Å². The fourth-order valence-corrected chi connectivity index (χ4v) is 3.81. The molecule has 0 atom stereocenters. The highest BCUT2D eigenvalue weighted by molar-refractivity contribution is 5.77. The quantitative estimate of drug-likeness (QED) is 0.872. The molecule has 6 heteroatoms. The summed E-state index contributed by atoms with van der Waals surface area (Å²) in [5.41, 5.74) is -0.483. The minimum absolute atomic E-state index is 0.251. The number of carbonyl (C=O) groups is 1. The molecule has 0 spiro atoms. The van der Waals surface area contributed by atoms with Crippen LogP contribution in [0.25, 0.3) is 10.9 Å². The molecule has 1 saturated carbocycles. The summed E-state index contributed by atoms with van der Waals surface area (Å²) in [7, 11) is 1.39. The standard InChI is InChI=1S/C18H22N2O4/c1-24-15(21)11-18(9-5-2-6-10-18)12-20-14-8-4-3-7-13(14)16(22)19-17(20)23/h3-4,7-8H,2,5-6,9-12H2,1H3,(H,19,22,23). The van der Waals surface area contributed by atoms with Gasteiger partial charge in [0.25, 0.3) is 5.56 Å². The maximum Gasteiger partial charge on any atom is 0.328 e. The molecule has 1 N–H and O–H groups in total. The Morgan fingerprint density at radius 2 is 1.92 bits per heavy atom. The van der Waals surface area contributed by atoms with Crippen LogP contribution in [0.2, 0.25) is 0 Å². The average Bonchev–Trinajstić information content (AvgIpc) is 2.59. The number of para-hydroxylation sites is 1. The molecule has 1 aromatic heterocycles. The molecule has 0 amide bonds. The van der Waals surface area contributed by atoms with E-state index in [2.05, 4.69) is 4.98 Å². The van der Waals surface area contributed by atoms with Gasteiger partial charge in [-0.05, 0) is 30.4 Å². The van der Waals surface area contributed by atoms with Gasteiger partial charge < -0.3 is 4.74 Å². The van der Waals surface area contributed by atoms with E-state index in [0.717, 1.165) is 32.1 Å². The maximum absolute atomic E-state index is 12.4. The molecule has 6 nitrogen and oxygen atoms in total. The molecule has 0 saturated heterocycles. The third-order valence-corrected chi connectivity index (χ3v) is 5.06. The van der Waals surface area contributed by atoms with Crippen LogP contribution in [0.3, 0.4) is 0 Å². The third kappa shape index (κ3) is 3.13. The number of methoxy groups -OCH3 is 1. The second-order valence-electron chi connectivity index (χ2n) is 6.68. The zero-order valence-electron chi connectivity index (χ0n) is 13.8. The van der Waals surface area contributed by atoms with Crippen LogP contribution in [-0.4, -0.2) is 22.6 Å². The first-order chi connectivity index (χ1) is 11.5. The van der Waals surface area contributed by atoms with E-state index in [1.54, 1.807) is 22.8 Å². The van der Waals surface area contributed by atoms with Gasteiger partial charge >= 0.3 is 11.7 Å². The molecule has 0 radical (unpaired) electrons. The van der Waals surface area contributed by atoms with Crippen LogP contribution in [-0.2, 0) is 16.1 Å². The summed E-state index contributed by atoms with van der Waals surface area (Å²) in [5, 5.41) is 0.487. The van der Waals surface area contributed by atoms with Gasteiger partial charge in [-0.25, -0.2) is 4.79 Å². The summed E-state index contributed by atoms with van der Waals surface area (Å²) >= 11 is 0. The van der Waals surface area contributed by atoms with Crippen LogP contribution >= 0.6 is 0 Å².